The van der Waals surface area contributed by atoms with E-state index in [1.165, 1.54) is 21.9 Å². The molecule has 0 aliphatic rings. The number of nitrogens with zero attached hydrogens (tertiary/aromatic N) is 4. The van der Waals surface area contributed by atoms with Crippen molar-refractivity contribution < 1.29 is 8.83 Å². The van der Waals surface area contributed by atoms with Crippen molar-refractivity contribution >= 4 is 65.7 Å². The van der Waals surface area contributed by atoms with Gasteiger partial charge in [0.25, 0.3) is 0 Å². The zero-order chi connectivity index (χ0) is 37.5. The van der Waals surface area contributed by atoms with Gasteiger partial charge in [-0.05, 0) is 59.7 Å². The number of rotatable bonds is 5. The minimum Gasteiger partial charge on any atom is -0.456 e. The van der Waals surface area contributed by atoms with Crippen LogP contribution in [0.5, 0.6) is 0 Å². The Labute approximate surface area is 325 Å². The van der Waals surface area contributed by atoms with Crippen molar-refractivity contribution in [2.75, 3.05) is 0 Å². The Morgan fingerprint density at radius 1 is 0.333 bits per heavy atom. The number of benzene rings is 8. The van der Waals surface area contributed by atoms with Crippen molar-refractivity contribution in [2.24, 2.45) is 0 Å². The molecular weight excluding hydrogens is 701 g/mol. The van der Waals surface area contributed by atoms with E-state index in [2.05, 4.69) is 114 Å². The largest absolute Gasteiger partial charge is 0.456 e. The summed E-state index contributed by atoms with van der Waals surface area (Å²) in [6.07, 6.45) is 0. The van der Waals surface area contributed by atoms with Crippen LogP contribution < -0.4 is 0 Å². The summed E-state index contributed by atoms with van der Waals surface area (Å²) in [7, 11) is 0. The molecule has 4 heterocycles. The van der Waals surface area contributed by atoms with E-state index < -0.39 is 0 Å². The van der Waals surface area contributed by atoms with Gasteiger partial charge in [0, 0.05) is 49.1 Å². The molecule has 0 bridgehead atoms. The average Bonchev–Trinajstić information content (AvgIpc) is 3.94. The van der Waals surface area contributed by atoms with E-state index in [1.807, 2.05) is 72.8 Å². The van der Waals surface area contributed by atoms with E-state index in [0.29, 0.717) is 23.1 Å². The average molecular weight is 731 g/mol. The highest BCUT2D eigenvalue weighted by Crippen LogP contribution is 2.41. The standard InChI is InChI=1S/C51H30N4O2/c1-4-13-31(14-5-1)34-23-25-37-36-19-10-11-22-43(36)55(44(37)27-34)35-24-26-45-40(28-35)42-30-47-41(29-46(42)56-45)38-20-12-21-39(48(38)57-47)51-53-49(32-15-6-2-7-16-32)52-50(54-51)33-17-8-3-9-18-33/h1-30H. The van der Waals surface area contributed by atoms with Gasteiger partial charge in [-0.1, -0.05) is 133 Å². The van der Waals surface area contributed by atoms with Crippen LogP contribution >= 0.6 is 0 Å². The lowest BCUT2D eigenvalue weighted by atomic mass is 10.0. The van der Waals surface area contributed by atoms with Gasteiger partial charge < -0.3 is 13.4 Å². The van der Waals surface area contributed by atoms with Crippen molar-refractivity contribution in [1.82, 2.24) is 19.5 Å². The first-order chi connectivity index (χ1) is 28.2. The smallest absolute Gasteiger partial charge is 0.167 e. The molecule has 57 heavy (non-hydrogen) atoms. The molecule has 12 rings (SSSR count). The monoisotopic (exact) mass is 730 g/mol. The van der Waals surface area contributed by atoms with Gasteiger partial charge in [0.15, 0.2) is 17.5 Å². The minimum atomic E-state index is 0.549. The molecular formula is C51H30N4O2. The maximum Gasteiger partial charge on any atom is 0.167 e. The molecule has 0 saturated heterocycles. The molecule has 0 spiro atoms. The molecule has 0 fully saturated rings. The third kappa shape index (κ3) is 5.01. The second kappa shape index (κ2) is 12.3. The third-order valence-corrected chi connectivity index (χ3v) is 11.1. The highest BCUT2D eigenvalue weighted by molar-refractivity contribution is 6.17. The molecule has 12 aromatic rings. The van der Waals surface area contributed by atoms with Crippen LogP contribution in [-0.2, 0) is 0 Å². The molecule has 0 aliphatic heterocycles. The number of furan rings is 2. The summed E-state index contributed by atoms with van der Waals surface area (Å²) in [6.45, 7) is 0. The van der Waals surface area contributed by atoms with E-state index in [9.17, 15) is 0 Å². The Kier molecular flexibility index (Phi) is 6.83. The predicted molar refractivity (Wildman–Crippen MR) is 230 cm³/mol. The summed E-state index contributed by atoms with van der Waals surface area (Å²) in [5.74, 6) is 1.76. The molecule has 0 atom stereocenters. The lowest BCUT2D eigenvalue weighted by Gasteiger charge is -2.09. The molecule has 0 N–H and O–H groups in total. The Morgan fingerprint density at radius 2 is 0.912 bits per heavy atom. The fourth-order valence-electron chi connectivity index (χ4n) is 8.36. The first-order valence-corrected chi connectivity index (χ1v) is 19.0. The SMILES string of the molecule is c1ccc(-c2ccc3c4ccccc4n(-c4ccc5oc6cc7c(cc6c5c4)oc4c(-c5nc(-c6ccccc6)nc(-c6ccccc6)n5)cccc47)c3c2)cc1. The number of hydrogen-bond acceptors (Lipinski definition) is 5. The van der Waals surface area contributed by atoms with E-state index in [1.54, 1.807) is 0 Å². The lowest BCUT2D eigenvalue weighted by molar-refractivity contribution is 0.664. The molecule has 8 aromatic carbocycles. The second-order valence-electron chi connectivity index (χ2n) is 14.4. The summed E-state index contributed by atoms with van der Waals surface area (Å²) >= 11 is 0. The fraction of sp³-hybridized carbons (Fsp3) is 0. The summed E-state index contributed by atoms with van der Waals surface area (Å²) in [6, 6.07) is 62.8. The van der Waals surface area contributed by atoms with Gasteiger partial charge in [-0.2, -0.15) is 0 Å². The Morgan fingerprint density at radius 3 is 1.65 bits per heavy atom. The van der Waals surface area contributed by atoms with Crippen molar-refractivity contribution in [3.8, 4) is 51.0 Å². The van der Waals surface area contributed by atoms with Crippen molar-refractivity contribution in [1.29, 1.82) is 0 Å². The van der Waals surface area contributed by atoms with Crippen molar-refractivity contribution in [3.63, 3.8) is 0 Å². The Balaban J connectivity index is 1.04. The normalized spacial score (nSPS) is 11.9. The quantitative estimate of drug-likeness (QED) is 0.176. The van der Waals surface area contributed by atoms with Gasteiger partial charge in [0.2, 0.25) is 0 Å². The minimum absolute atomic E-state index is 0.549. The van der Waals surface area contributed by atoms with Gasteiger partial charge >= 0.3 is 0 Å². The zero-order valence-corrected chi connectivity index (χ0v) is 30.4. The molecule has 4 aromatic heterocycles. The van der Waals surface area contributed by atoms with Crippen LogP contribution in [0.4, 0.5) is 0 Å². The number of para-hydroxylation sites is 2. The number of fused-ring (bicyclic) bond motifs is 9. The van der Waals surface area contributed by atoms with Gasteiger partial charge in [-0.15, -0.1) is 0 Å². The van der Waals surface area contributed by atoms with E-state index in [4.69, 9.17) is 23.8 Å². The number of hydrogen-bond donors (Lipinski definition) is 0. The van der Waals surface area contributed by atoms with Crippen LogP contribution in [-0.4, -0.2) is 19.5 Å². The van der Waals surface area contributed by atoms with Crippen LogP contribution in [0.2, 0.25) is 0 Å². The first kappa shape index (κ1) is 31.5. The topological polar surface area (TPSA) is 69.9 Å². The van der Waals surface area contributed by atoms with Crippen LogP contribution in [0.1, 0.15) is 0 Å². The summed E-state index contributed by atoms with van der Waals surface area (Å²) in [5, 5.41) is 6.38. The van der Waals surface area contributed by atoms with Crippen molar-refractivity contribution in [2.45, 2.75) is 0 Å². The lowest BCUT2D eigenvalue weighted by Crippen LogP contribution is -2.00. The van der Waals surface area contributed by atoms with Gasteiger partial charge in [-0.3, -0.25) is 0 Å². The maximum atomic E-state index is 6.78. The summed E-state index contributed by atoms with van der Waals surface area (Å²) in [5.41, 5.74) is 11.5. The third-order valence-electron chi connectivity index (χ3n) is 11.1. The molecule has 266 valence electrons. The zero-order valence-electron chi connectivity index (χ0n) is 30.4. The van der Waals surface area contributed by atoms with E-state index in [0.717, 1.165) is 71.7 Å². The Bertz CT molecular complexity index is 3450. The molecule has 0 amide bonds. The molecule has 0 unspecified atom stereocenters. The number of aromatic nitrogens is 4. The van der Waals surface area contributed by atoms with Crippen LogP contribution in [0, 0.1) is 0 Å². The first-order valence-electron chi connectivity index (χ1n) is 19.0. The van der Waals surface area contributed by atoms with Gasteiger partial charge in [0.1, 0.15) is 22.3 Å². The van der Waals surface area contributed by atoms with Gasteiger partial charge in [0.05, 0.1) is 16.6 Å². The molecule has 6 nitrogen and oxygen atoms in total. The van der Waals surface area contributed by atoms with Gasteiger partial charge in [-0.25, -0.2) is 15.0 Å². The Hall–Kier alpha value is -7.83. The van der Waals surface area contributed by atoms with Crippen molar-refractivity contribution in [3.05, 3.63) is 182 Å². The summed E-state index contributed by atoms with van der Waals surface area (Å²) in [4.78, 5) is 14.9. The van der Waals surface area contributed by atoms with E-state index in [-0.39, 0.29) is 0 Å². The molecule has 0 saturated carbocycles. The highest BCUT2D eigenvalue weighted by Gasteiger charge is 2.20. The summed E-state index contributed by atoms with van der Waals surface area (Å²) < 4.78 is 15.7. The maximum absolute atomic E-state index is 6.78. The second-order valence-corrected chi connectivity index (χ2v) is 14.4. The van der Waals surface area contributed by atoms with E-state index >= 15 is 0 Å². The van der Waals surface area contributed by atoms with Crippen LogP contribution in [0.3, 0.4) is 0 Å². The van der Waals surface area contributed by atoms with Crippen LogP contribution in [0.25, 0.3) is 117 Å². The fourth-order valence-corrected chi connectivity index (χ4v) is 8.36. The molecule has 6 heteroatoms. The molecule has 0 aliphatic carbocycles. The predicted octanol–water partition coefficient (Wildman–Crippen LogP) is 13.4. The highest BCUT2D eigenvalue weighted by atomic mass is 16.3. The molecule has 0 radical (unpaired) electrons. The van der Waals surface area contributed by atoms with Crippen LogP contribution in [0.15, 0.2) is 191 Å².